The molecule has 0 bridgehead atoms. The normalized spacial score (nSPS) is 23.8. The molecule has 0 aromatic heterocycles. The number of allylic oxidation sites excluding steroid dienone is 1. The number of carbonyl (C=O) groups is 1. The zero-order chi connectivity index (χ0) is 20.9. The molecule has 0 spiro atoms. The molecule has 158 valence electrons. The highest BCUT2D eigenvalue weighted by molar-refractivity contribution is 5.93. The van der Waals surface area contributed by atoms with Crippen molar-refractivity contribution in [3.05, 3.63) is 45.6 Å². The van der Waals surface area contributed by atoms with E-state index >= 15 is 0 Å². The molecule has 0 unspecified atom stereocenters. The molecule has 2 aliphatic heterocycles. The van der Waals surface area contributed by atoms with Gasteiger partial charge in [0.05, 0.1) is 14.1 Å². The number of amides is 1. The first kappa shape index (κ1) is 19.6. The number of likely N-dealkylation sites (tertiary alicyclic amines) is 1. The van der Waals surface area contributed by atoms with Gasteiger partial charge in [0.2, 0.25) is 11.7 Å². The number of likely N-dealkylation sites (N-methyl/N-ethyl adjacent to an activating group) is 1. The Kier molecular flexibility index (Phi) is 4.81. The van der Waals surface area contributed by atoms with E-state index in [0.29, 0.717) is 23.4 Å². The summed E-state index contributed by atoms with van der Waals surface area (Å²) in [7, 11) is 4.36. The van der Waals surface area contributed by atoms with Crippen LogP contribution in [0.25, 0.3) is 11.8 Å². The molecule has 0 radical (unpaired) electrons. The van der Waals surface area contributed by atoms with Crippen molar-refractivity contribution in [3.8, 4) is 0 Å². The minimum Gasteiger partial charge on any atom is -0.400 e. The van der Waals surface area contributed by atoms with E-state index in [0.717, 1.165) is 36.6 Å². The van der Waals surface area contributed by atoms with E-state index in [2.05, 4.69) is 38.4 Å². The van der Waals surface area contributed by atoms with Crippen molar-refractivity contribution in [3.63, 3.8) is 0 Å². The van der Waals surface area contributed by atoms with E-state index in [-0.39, 0.29) is 5.91 Å². The fourth-order valence-electron chi connectivity index (χ4n) is 5.58. The lowest BCUT2D eigenvalue weighted by atomic mass is 9.84. The molecular formula is C25H33N4O+. The fourth-order valence-corrected chi connectivity index (χ4v) is 5.58. The third-order valence-corrected chi connectivity index (χ3v) is 7.43. The molecular weight excluding hydrogens is 372 g/mol. The van der Waals surface area contributed by atoms with Crippen molar-refractivity contribution in [1.29, 1.82) is 0 Å². The molecule has 1 aromatic rings. The van der Waals surface area contributed by atoms with Crippen LogP contribution in [-0.4, -0.2) is 48.3 Å². The van der Waals surface area contributed by atoms with Crippen molar-refractivity contribution in [2.45, 2.75) is 57.3 Å². The quantitative estimate of drug-likeness (QED) is 0.785. The third-order valence-electron chi connectivity index (χ3n) is 7.43. The smallest absolute Gasteiger partial charge is 0.228 e. The number of benzene rings is 1. The molecule has 5 rings (SSSR count). The standard InChI is InChI=1S/C25H33N4O/c1-29(2)22(16-28-14-6-9-23(28)30)27-24-21(26)13-11-19-15-18(10-12-20(19)25(24)29)17-7-4-3-5-8-17/h10-12,15,17H,3-9,13-14,16,26H2,1-2H3/q+1. The van der Waals surface area contributed by atoms with Gasteiger partial charge in [-0.1, -0.05) is 37.5 Å². The number of amidine groups is 1. The van der Waals surface area contributed by atoms with Crippen LogP contribution in [0.5, 0.6) is 0 Å². The molecule has 30 heavy (non-hydrogen) atoms. The lowest BCUT2D eigenvalue weighted by Gasteiger charge is -2.28. The minimum absolute atomic E-state index is 0.239. The average molecular weight is 406 g/mol. The first-order valence-corrected chi connectivity index (χ1v) is 11.5. The number of hydrogen-bond acceptors (Lipinski definition) is 3. The maximum atomic E-state index is 12.2. The summed E-state index contributed by atoms with van der Waals surface area (Å²) in [5, 5.41) is 2.52. The Bertz CT molecular complexity index is 1070. The molecule has 2 N–H and O–H groups in total. The van der Waals surface area contributed by atoms with Crippen molar-refractivity contribution in [2.75, 3.05) is 27.2 Å². The van der Waals surface area contributed by atoms with Gasteiger partial charge in [0, 0.05) is 30.3 Å². The van der Waals surface area contributed by atoms with Crippen LogP contribution in [0.15, 0.2) is 34.6 Å². The number of quaternary nitrogens is 1. The Hall–Kier alpha value is -2.40. The number of aliphatic imine (C=N–C) groups is 1. The maximum Gasteiger partial charge on any atom is 0.228 e. The van der Waals surface area contributed by atoms with Crippen LogP contribution in [0.4, 0.5) is 0 Å². The summed E-state index contributed by atoms with van der Waals surface area (Å²) in [4.78, 5) is 19.2. The van der Waals surface area contributed by atoms with Crippen LogP contribution in [-0.2, 0) is 4.79 Å². The summed E-state index contributed by atoms with van der Waals surface area (Å²) in [5.74, 6) is 1.93. The maximum absolute atomic E-state index is 12.2. The van der Waals surface area contributed by atoms with Gasteiger partial charge in [-0.15, -0.1) is 0 Å². The average Bonchev–Trinajstić information content (AvgIpc) is 3.22. The van der Waals surface area contributed by atoms with Crippen LogP contribution in [0.2, 0.25) is 0 Å². The van der Waals surface area contributed by atoms with Gasteiger partial charge in [-0.2, -0.15) is 4.99 Å². The molecule has 2 heterocycles. The van der Waals surface area contributed by atoms with Crippen LogP contribution in [0.1, 0.15) is 62.8 Å². The van der Waals surface area contributed by atoms with Gasteiger partial charge >= 0.3 is 0 Å². The van der Waals surface area contributed by atoms with Gasteiger partial charge in [-0.3, -0.25) is 4.79 Å². The second-order valence-corrected chi connectivity index (χ2v) is 9.71. The molecule has 2 fully saturated rings. The summed E-state index contributed by atoms with van der Waals surface area (Å²) >= 11 is 0. The Morgan fingerprint density at radius 1 is 1.17 bits per heavy atom. The van der Waals surface area contributed by atoms with Gasteiger partial charge in [0.15, 0.2) is 5.70 Å². The second-order valence-electron chi connectivity index (χ2n) is 9.71. The fraction of sp³-hybridized carbons (Fsp3) is 0.520. The lowest BCUT2D eigenvalue weighted by molar-refractivity contribution is -0.718. The molecule has 1 saturated carbocycles. The number of rotatable bonds is 3. The van der Waals surface area contributed by atoms with Gasteiger partial charge < -0.3 is 10.6 Å². The molecule has 1 saturated heterocycles. The summed E-state index contributed by atoms with van der Waals surface area (Å²) in [5.41, 5.74) is 10.9. The summed E-state index contributed by atoms with van der Waals surface area (Å²) in [6, 6.07) is 7.02. The van der Waals surface area contributed by atoms with Crippen molar-refractivity contribution >= 4 is 23.5 Å². The van der Waals surface area contributed by atoms with Gasteiger partial charge in [-0.25, -0.2) is 4.48 Å². The Labute approximate surface area is 178 Å². The number of nitrogens with zero attached hydrogens (tertiary/aromatic N) is 3. The summed E-state index contributed by atoms with van der Waals surface area (Å²) < 4.78 is 0.559. The Balaban J connectivity index is 1.59. The third kappa shape index (κ3) is 3.20. The van der Waals surface area contributed by atoms with Gasteiger partial charge in [-0.05, 0) is 42.0 Å². The van der Waals surface area contributed by atoms with E-state index in [1.165, 1.54) is 53.8 Å². The van der Waals surface area contributed by atoms with E-state index in [9.17, 15) is 4.79 Å². The van der Waals surface area contributed by atoms with E-state index in [4.69, 9.17) is 10.7 Å². The zero-order valence-corrected chi connectivity index (χ0v) is 18.3. The molecule has 0 atom stereocenters. The van der Waals surface area contributed by atoms with Crippen LogP contribution >= 0.6 is 0 Å². The summed E-state index contributed by atoms with van der Waals surface area (Å²) in [6.07, 6.45) is 11.3. The molecule has 1 amide bonds. The second kappa shape index (κ2) is 7.38. The Morgan fingerprint density at radius 3 is 2.70 bits per heavy atom. The largest absolute Gasteiger partial charge is 0.400 e. The van der Waals surface area contributed by atoms with Gasteiger partial charge in [0.25, 0.3) is 0 Å². The monoisotopic (exact) mass is 405 g/mol. The highest BCUT2D eigenvalue weighted by Gasteiger charge is 2.42. The van der Waals surface area contributed by atoms with E-state index in [1.54, 1.807) is 0 Å². The Morgan fingerprint density at radius 2 is 1.97 bits per heavy atom. The molecule has 1 aromatic carbocycles. The van der Waals surface area contributed by atoms with E-state index < -0.39 is 0 Å². The highest BCUT2D eigenvalue weighted by atomic mass is 16.2. The van der Waals surface area contributed by atoms with Crippen molar-refractivity contribution < 1.29 is 9.28 Å². The van der Waals surface area contributed by atoms with Crippen molar-refractivity contribution in [2.24, 2.45) is 10.7 Å². The number of nitrogens with two attached hydrogens (primary N) is 1. The van der Waals surface area contributed by atoms with Crippen molar-refractivity contribution in [1.82, 2.24) is 4.90 Å². The zero-order valence-electron chi connectivity index (χ0n) is 18.3. The number of hydrogen-bond donors (Lipinski definition) is 1. The molecule has 4 aliphatic rings. The molecule has 2 aliphatic carbocycles. The number of fused-ring (bicyclic) bond motifs is 2. The predicted octanol–water partition coefficient (Wildman–Crippen LogP) is 2.31. The minimum atomic E-state index is 0.239. The SMILES string of the molecule is C[N+]1(C)C(CN2CCCC2=O)=NC2=C(N)CC=c3cc(C4CCCCC4)ccc3=C21. The molecule has 5 nitrogen and oxygen atoms in total. The number of carbonyl (C=O) groups excluding carboxylic acids is 1. The first-order chi connectivity index (χ1) is 14.4. The lowest BCUT2D eigenvalue weighted by Crippen LogP contribution is -2.49. The van der Waals surface area contributed by atoms with Crippen LogP contribution in [0.3, 0.4) is 0 Å². The predicted molar refractivity (Wildman–Crippen MR) is 121 cm³/mol. The first-order valence-electron chi connectivity index (χ1n) is 11.5. The molecule has 5 heteroatoms. The van der Waals surface area contributed by atoms with Crippen LogP contribution < -0.4 is 16.2 Å². The van der Waals surface area contributed by atoms with E-state index in [1.807, 2.05) is 4.90 Å². The highest BCUT2D eigenvalue weighted by Crippen LogP contribution is 2.35. The topological polar surface area (TPSA) is 58.7 Å². The van der Waals surface area contributed by atoms with Crippen LogP contribution in [0, 0.1) is 0 Å². The summed E-state index contributed by atoms with van der Waals surface area (Å²) in [6.45, 7) is 1.42. The van der Waals surface area contributed by atoms with Gasteiger partial charge in [0.1, 0.15) is 12.2 Å².